The van der Waals surface area contributed by atoms with Gasteiger partial charge in [0.05, 0.1) is 6.54 Å². The highest BCUT2D eigenvalue weighted by Gasteiger charge is 2.25. The third kappa shape index (κ3) is 7.30. The number of ether oxygens (including phenoxy) is 1. The van der Waals surface area contributed by atoms with E-state index in [-0.39, 0.29) is 12.0 Å². The van der Waals surface area contributed by atoms with Gasteiger partial charge in [0.2, 0.25) is 0 Å². The fraction of sp³-hybridized carbons (Fsp3) is 0.769. The monoisotopic (exact) mass is 225 g/mol. The molecule has 0 saturated carbocycles. The first-order chi connectivity index (χ1) is 7.26. The molecule has 0 unspecified atom stereocenters. The van der Waals surface area contributed by atoms with Crippen LogP contribution in [-0.2, 0) is 9.53 Å². The van der Waals surface area contributed by atoms with Crippen molar-refractivity contribution in [3.8, 4) is 12.3 Å². The molecule has 0 aliphatic heterocycles. The van der Waals surface area contributed by atoms with Crippen LogP contribution in [0.3, 0.4) is 0 Å². The summed E-state index contributed by atoms with van der Waals surface area (Å²) in [4.78, 5) is 11.8. The molecule has 92 valence electrons. The van der Waals surface area contributed by atoms with Crippen molar-refractivity contribution in [2.24, 2.45) is 5.92 Å². The van der Waals surface area contributed by atoms with Crippen molar-refractivity contribution in [1.82, 2.24) is 5.32 Å². The summed E-state index contributed by atoms with van der Waals surface area (Å²) < 4.78 is 5.33. The average molecular weight is 225 g/mol. The molecule has 3 nitrogen and oxygen atoms in total. The maximum Gasteiger partial charge on any atom is 0.323 e. The van der Waals surface area contributed by atoms with Crippen molar-refractivity contribution in [2.75, 3.05) is 6.54 Å². The second-order valence-corrected chi connectivity index (χ2v) is 5.30. The summed E-state index contributed by atoms with van der Waals surface area (Å²) in [6.45, 7) is 10.1. The van der Waals surface area contributed by atoms with Gasteiger partial charge in [-0.3, -0.25) is 10.1 Å². The van der Waals surface area contributed by atoms with Crippen LogP contribution in [0.2, 0.25) is 0 Å². The standard InChI is InChI=1S/C13H23NO2/c1-7-8-14-11(9-10(2)3)12(15)16-13(4,5)6/h1,10-11,14H,8-9H2,2-6H3/t11-/m0/s1. The minimum absolute atomic E-state index is 0.226. The molecule has 0 heterocycles. The number of esters is 1. The van der Waals surface area contributed by atoms with Crippen LogP contribution in [0.4, 0.5) is 0 Å². The van der Waals surface area contributed by atoms with Gasteiger partial charge in [-0.25, -0.2) is 0 Å². The smallest absolute Gasteiger partial charge is 0.323 e. The fourth-order valence-corrected chi connectivity index (χ4v) is 1.29. The van der Waals surface area contributed by atoms with Crippen LogP contribution in [-0.4, -0.2) is 24.2 Å². The average Bonchev–Trinajstić information content (AvgIpc) is 2.08. The Hall–Kier alpha value is -1.01. The van der Waals surface area contributed by atoms with Gasteiger partial charge >= 0.3 is 5.97 Å². The Bertz CT molecular complexity index is 258. The Balaban J connectivity index is 4.38. The lowest BCUT2D eigenvalue weighted by Crippen LogP contribution is -2.42. The zero-order valence-electron chi connectivity index (χ0n) is 11.0. The number of hydrogen-bond donors (Lipinski definition) is 1. The summed E-state index contributed by atoms with van der Waals surface area (Å²) in [6.07, 6.45) is 5.90. The lowest BCUT2D eigenvalue weighted by Gasteiger charge is -2.25. The van der Waals surface area contributed by atoms with Crippen molar-refractivity contribution < 1.29 is 9.53 Å². The second-order valence-electron chi connectivity index (χ2n) is 5.30. The van der Waals surface area contributed by atoms with Crippen molar-refractivity contribution >= 4 is 5.97 Å². The van der Waals surface area contributed by atoms with E-state index < -0.39 is 5.60 Å². The molecule has 0 aliphatic carbocycles. The number of terminal acetylenes is 1. The molecular weight excluding hydrogens is 202 g/mol. The third-order valence-corrected chi connectivity index (χ3v) is 1.85. The van der Waals surface area contributed by atoms with E-state index in [9.17, 15) is 4.79 Å². The number of hydrogen-bond acceptors (Lipinski definition) is 3. The Kier molecular flexibility index (Phi) is 6.13. The quantitative estimate of drug-likeness (QED) is 0.574. The van der Waals surface area contributed by atoms with Crippen LogP contribution in [0, 0.1) is 18.3 Å². The summed E-state index contributed by atoms with van der Waals surface area (Å²) in [5, 5.41) is 3.01. The van der Waals surface area contributed by atoms with Crippen LogP contribution in [0.25, 0.3) is 0 Å². The summed E-state index contributed by atoms with van der Waals surface area (Å²) >= 11 is 0. The summed E-state index contributed by atoms with van der Waals surface area (Å²) in [5.41, 5.74) is -0.454. The molecule has 1 N–H and O–H groups in total. The molecule has 3 heteroatoms. The van der Waals surface area contributed by atoms with E-state index in [1.54, 1.807) is 0 Å². The molecule has 0 aliphatic rings. The van der Waals surface area contributed by atoms with E-state index in [1.807, 2.05) is 20.8 Å². The Labute approximate surface area is 98.9 Å². The molecule has 0 aromatic carbocycles. The molecule has 0 saturated heterocycles. The predicted molar refractivity (Wildman–Crippen MR) is 65.9 cm³/mol. The highest BCUT2D eigenvalue weighted by molar-refractivity contribution is 5.76. The minimum Gasteiger partial charge on any atom is -0.459 e. The van der Waals surface area contributed by atoms with Crippen LogP contribution in [0.15, 0.2) is 0 Å². The van der Waals surface area contributed by atoms with Gasteiger partial charge in [-0.05, 0) is 33.1 Å². The van der Waals surface area contributed by atoms with E-state index in [0.29, 0.717) is 12.5 Å². The summed E-state index contributed by atoms with van der Waals surface area (Å²) in [5.74, 6) is 2.66. The molecule has 16 heavy (non-hydrogen) atoms. The normalized spacial score (nSPS) is 13.3. The molecule has 0 rings (SSSR count). The summed E-state index contributed by atoms with van der Waals surface area (Å²) in [6, 6.07) is -0.310. The van der Waals surface area contributed by atoms with Crippen LogP contribution >= 0.6 is 0 Å². The predicted octanol–water partition coefficient (Wildman–Crippen LogP) is 1.97. The Morgan fingerprint density at radius 3 is 2.38 bits per heavy atom. The first kappa shape index (κ1) is 15.0. The molecule has 0 radical (unpaired) electrons. The zero-order chi connectivity index (χ0) is 12.8. The molecule has 0 amide bonds. The number of carbonyl (C=O) groups is 1. The Morgan fingerprint density at radius 1 is 1.44 bits per heavy atom. The van der Waals surface area contributed by atoms with Crippen molar-refractivity contribution in [1.29, 1.82) is 0 Å². The summed E-state index contributed by atoms with van der Waals surface area (Å²) in [7, 11) is 0. The van der Waals surface area contributed by atoms with Gasteiger partial charge < -0.3 is 4.74 Å². The first-order valence-corrected chi connectivity index (χ1v) is 5.66. The van der Waals surface area contributed by atoms with Gasteiger partial charge in [0.1, 0.15) is 11.6 Å². The van der Waals surface area contributed by atoms with Gasteiger partial charge in [0.15, 0.2) is 0 Å². The molecule has 0 aromatic rings. The molecular formula is C13H23NO2. The van der Waals surface area contributed by atoms with E-state index in [4.69, 9.17) is 11.2 Å². The molecule has 0 spiro atoms. The van der Waals surface area contributed by atoms with Crippen LogP contribution in [0.1, 0.15) is 41.0 Å². The van der Waals surface area contributed by atoms with Gasteiger partial charge in [0.25, 0.3) is 0 Å². The van der Waals surface area contributed by atoms with E-state index >= 15 is 0 Å². The van der Waals surface area contributed by atoms with Gasteiger partial charge in [-0.1, -0.05) is 19.8 Å². The minimum atomic E-state index is -0.454. The third-order valence-electron chi connectivity index (χ3n) is 1.85. The first-order valence-electron chi connectivity index (χ1n) is 5.66. The topological polar surface area (TPSA) is 38.3 Å². The lowest BCUT2D eigenvalue weighted by molar-refractivity contribution is -0.157. The van der Waals surface area contributed by atoms with Crippen molar-refractivity contribution in [2.45, 2.75) is 52.7 Å². The van der Waals surface area contributed by atoms with Gasteiger partial charge in [0, 0.05) is 0 Å². The maximum absolute atomic E-state index is 11.8. The maximum atomic E-state index is 11.8. The van der Waals surface area contributed by atoms with Crippen LogP contribution < -0.4 is 5.32 Å². The zero-order valence-corrected chi connectivity index (χ0v) is 11.0. The van der Waals surface area contributed by atoms with E-state index in [1.165, 1.54) is 0 Å². The SMILES string of the molecule is C#CCN[C@@H](CC(C)C)C(=O)OC(C)(C)C. The van der Waals surface area contributed by atoms with Gasteiger partial charge in [-0.15, -0.1) is 6.42 Å². The molecule has 1 atom stereocenters. The highest BCUT2D eigenvalue weighted by atomic mass is 16.6. The number of rotatable bonds is 5. The van der Waals surface area contributed by atoms with Gasteiger partial charge in [-0.2, -0.15) is 0 Å². The Morgan fingerprint density at radius 2 is 2.00 bits per heavy atom. The van der Waals surface area contributed by atoms with Crippen LogP contribution in [0.5, 0.6) is 0 Å². The van der Waals surface area contributed by atoms with E-state index in [2.05, 4.69) is 25.1 Å². The largest absolute Gasteiger partial charge is 0.459 e. The van der Waals surface area contributed by atoms with Crippen molar-refractivity contribution in [3.05, 3.63) is 0 Å². The molecule has 0 bridgehead atoms. The fourth-order valence-electron chi connectivity index (χ4n) is 1.29. The molecule has 0 fully saturated rings. The number of nitrogens with one attached hydrogen (secondary N) is 1. The highest BCUT2D eigenvalue weighted by Crippen LogP contribution is 2.12. The second kappa shape index (κ2) is 6.55. The number of carbonyl (C=O) groups excluding carboxylic acids is 1. The molecule has 0 aromatic heterocycles. The van der Waals surface area contributed by atoms with Crippen molar-refractivity contribution in [3.63, 3.8) is 0 Å². The van der Waals surface area contributed by atoms with E-state index in [0.717, 1.165) is 6.42 Å². The lowest BCUT2D eigenvalue weighted by atomic mass is 10.0.